The highest BCUT2D eigenvalue weighted by molar-refractivity contribution is 7.89. The molecular formula is C18H20N2O7S. The summed E-state index contributed by atoms with van der Waals surface area (Å²) >= 11 is 0. The number of nitrogens with one attached hydrogen (secondary N) is 1. The van der Waals surface area contributed by atoms with Gasteiger partial charge in [0.2, 0.25) is 22.5 Å². The molecule has 0 aliphatic carbocycles. The van der Waals surface area contributed by atoms with Crippen molar-refractivity contribution in [2.75, 3.05) is 5.32 Å². The fourth-order valence-corrected chi connectivity index (χ4v) is 2.56. The fourth-order valence-electron chi connectivity index (χ4n) is 2.09. The number of amides is 1. The number of furan rings is 1. The molecule has 28 heavy (non-hydrogen) atoms. The summed E-state index contributed by atoms with van der Waals surface area (Å²) in [5.74, 6) is -2.21. The van der Waals surface area contributed by atoms with Gasteiger partial charge in [-0.1, -0.05) is 13.8 Å². The maximum absolute atomic E-state index is 12.4. The van der Waals surface area contributed by atoms with Crippen molar-refractivity contribution >= 4 is 33.4 Å². The van der Waals surface area contributed by atoms with Gasteiger partial charge in [-0.2, -0.15) is 0 Å². The minimum absolute atomic E-state index is 0.154. The van der Waals surface area contributed by atoms with Crippen LogP contribution in [0.2, 0.25) is 0 Å². The number of anilines is 1. The molecule has 9 nitrogen and oxygen atoms in total. The summed E-state index contributed by atoms with van der Waals surface area (Å²) in [5, 5.41) is 7.01. The monoisotopic (exact) mass is 408 g/mol. The number of hydrogen-bond acceptors (Lipinski definition) is 7. The van der Waals surface area contributed by atoms with Gasteiger partial charge in [-0.3, -0.25) is 9.59 Å². The normalized spacial score (nSPS) is 12.5. The van der Waals surface area contributed by atoms with Crippen LogP contribution < -0.4 is 10.5 Å². The molecule has 1 unspecified atom stereocenters. The van der Waals surface area contributed by atoms with E-state index in [2.05, 4.69) is 5.32 Å². The standard InChI is InChI=1S/C18H20N2O7S/c1-10(2)17(22)20-13-6-4-12(5-7-13)16(21)11(3)26-18(23)14-8-9-15(27-14)28(19,24)25/h4-11H,1-3H3,(H,20,22)(H2,19,24,25). The highest BCUT2D eigenvalue weighted by Gasteiger charge is 2.24. The zero-order valence-corrected chi connectivity index (χ0v) is 16.3. The zero-order chi connectivity index (χ0) is 21.1. The number of hydrogen-bond donors (Lipinski definition) is 2. The fraction of sp³-hybridized carbons (Fsp3) is 0.278. The SMILES string of the molecule is CC(C)C(=O)Nc1ccc(C(=O)C(C)OC(=O)c2ccc(S(N)(=O)=O)o2)cc1. The van der Waals surface area contributed by atoms with Gasteiger partial charge in [0.25, 0.3) is 10.0 Å². The van der Waals surface area contributed by atoms with Crippen molar-refractivity contribution in [1.82, 2.24) is 0 Å². The van der Waals surface area contributed by atoms with E-state index in [9.17, 15) is 22.8 Å². The number of sulfonamides is 1. The first-order valence-electron chi connectivity index (χ1n) is 8.28. The number of ether oxygens (including phenoxy) is 1. The molecule has 3 N–H and O–H groups in total. The lowest BCUT2D eigenvalue weighted by Crippen LogP contribution is -2.24. The molecular weight excluding hydrogens is 388 g/mol. The Morgan fingerprint density at radius 3 is 2.14 bits per heavy atom. The van der Waals surface area contributed by atoms with Gasteiger partial charge in [-0.25, -0.2) is 18.4 Å². The van der Waals surface area contributed by atoms with Crippen LogP contribution >= 0.6 is 0 Å². The van der Waals surface area contributed by atoms with Crippen molar-refractivity contribution in [3.8, 4) is 0 Å². The molecule has 2 rings (SSSR count). The molecule has 2 aromatic rings. The largest absolute Gasteiger partial charge is 0.448 e. The molecule has 0 radical (unpaired) electrons. The van der Waals surface area contributed by atoms with Crippen molar-refractivity contribution in [2.24, 2.45) is 11.1 Å². The van der Waals surface area contributed by atoms with Gasteiger partial charge in [0, 0.05) is 17.2 Å². The molecule has 0 spiro atoms. The number of esters is 1. The highest BCUT2D eigenvalue weighted by Crippen LogP contribution is 2.16. The maximum Gasteiger partial charge on any atom is 0.375 e. The molecule has 1 atom stereocenters. The van der Waals surface area contributed by atoms with Crippen molar-refractivity contribution < 1.29 is 32.0 Å². The van der Waals surface area contributed by atoms with Gasteiger partial charge in [0.15, 0.2) is 6.10 Å². The van der Waals surface area contributed by atoms with Crippen LogP contribution in [0.1, 0.15) is 41.7 Å². The second kappa shape index (κ2) is 8.36. The van der Waals surface area contributed by atoms with Gasteiger partial charge in [-0.15, -0.1) is 0 Å². The van der Waals surface area contributed by atoms with E-state index in [4.69, 9.17) is 14.3 Å². The Morgan fingerprint density at radius 2 is 1.64 bits per heavy atom. The van der Waals surface area contributed by atoms with Crippen LogP contribution in [0.3, 0.4) is 0 Å². The number of rotatable bonds is 7. The summed E-state index contributed by atoms with van der Waals surface area (Å²) in [7, 11) is -4.09. The first-order chi connectivity index (χ1) is 13.0. The lowest BCUT2D eigenvalue weighted by Gasteiger charge is -2.12. The zero-order valence-electron chi connectivity index (χ0n) is 15.5. The maximum atomic E-state index is 12.4. The minimum atomic E-state index is -4.09. The third kappa shape index (κ3) is 5.27. The number of carbonyl (C=O) groups is 3. The topological polar surface area (TPSA) is 146 Å². The lowest BCUT2D eigenvalue weighted by atomic mass is 10.1. The van der Waals surface area contributed by atoms with E-state index < -0.39 is 38.7 Å². The molecule has 0 aliphatic heterocycles. The van der Waals surface area contributed by atoms with Gasteiger partial charge < -0.3 is 14.5 Å². The number of Topliss-reactive ketones (excluding diaryl/α,β-unsaturated/α-hetero) is 1. The number of ketones is 1. The minimum Gasteiger partial charge on any atom is -0.448 e. The Bertz CT molecular complexity index is 991. The third-order valence-corrected chi connectivity index (χ3v) is 4.46. The molecule has 0 saturated carbocycles. The molecule has 0 bridgehead atoms. The third-order valence-electron chi connectivity index (χ3n) is 3.68. The Hall–Kier alpha value is -2.98. The lowest BCUT2D eigenvalue weighted by molar-refractivity contribution is -0.118. The number of carbonyl (C=O) groups excluding carboxylic acids is 3. The van der Waals surface area contributed by atoms with Crippen molar-refractivity contribution in [3.63, 3.8) is 0 Å². The molecule has 0 aliphatic rings. The summed E-state index contributed by atoms with van der Waals surface area (Å²) in [6.45, 7) is 4.89. The summed E-state index contributed by atoms with van der Waals surface area (Å²) in [6, 6.07) is 8.22. The average molecular weight is 408 g/mol. The molecule has 10 heteroatoms. The molecule has 0 saturated heterocycles. The van der Waals surface area contributed by atoms with Crippen LogP contribution in [0.4, 0.5) is 5.69 Å². The van der Waals surface area contributed by atoms with Crippen LogP contribution in [0.25, 0.3) is 0 Å². The number of benzene rings is 1. The van der Waals surface area contributed by atoms with Crippen molar-refractivity contribution in [3.05, 3.63) is 47.7 Å². The predicted molar refractivity (Wildman–Crippen MR) is 99.2 cm³/mol. The molecule has 1 aromatic carbocycles. The van der Waals surface area contributed by atoms with E-state index in [0.29, 0.717) is 5.69 Å². The van der Waals surface area contributed by atoms with Gasteiger partial charge in [-0.05, 0) is 43.3 Å². The summed E-state index contributed by atoms with van der Waals surface area (Å²) < 4.78 is 32.2. The Kier molecular flexibility index (Phi) is 6.37. The van der Waals surface area contributed by atoms with Crippen LogP contribution in [-0.4, -0.2) is 32.2 Å². The van der Waals surface area contributed by atoms with Gasteiger partial charge in [0.05, 0.1) is 0 Å². The summed E-state index contributed by atoms with van der Waals surface area (Å²) in [4.78, 5) is 36.1. The average Bonchev–Trinajstić information content (AvgIpc) is 3.12. The van der Waals surface area contributed by atoms with E-state index in [0.717, 1.165) is 12.1 Å². The molecule has 1 aromatic heterocycles. The van der Waals surface area contributed by atoms with E-state index in [1.54, 1.807) is 26.0 Å². The van der Waals surface area contributed by atoms with Gasteiger partial charge in [0.1, 0.15) is 0 Å². The second-order valence-electron chi connectivity index (χ2n) is 6.30. The first-order valence-corrected chi connectivity index (χ1v) is 9.82. The quantitative estimate of drug-likeness (QED) is 0.526. The van der Waals surface area contributed by atoms with Crippen molar-refractivity contribution in [2.45, 2.75) is 32.0 Å². The van der Waals surface area contributed by atoms with Crippen LogP contribution in [0, 0.1) is 5.92 Å². The van der Waals surface area contributed by atoms with E-state index in [1.165, 1.54) is 19.1 Å². The molecule has 1 amide bonds. The van der Waals surface area contributed by atoms with Crippen LogP contribution in [-0.2, 0) is 19.6 Å². The predicted octanol–water partition coefficient (Wildman–Crippen LogP) is 1.95. The Labute approximate surface area is 161 Å². The van der Waals surface area contributed by atoms with E-state index in [-0.39, 0.29) is 17.4 Å². The highest BCUT2D eigenvalue weighted by atomic mass is 32.2. The molecule has 150 valence electrons. The number of primary sulfonamides is 1. The molecule has 1 heterocycles. The van der Waals surface area contributed by atoms with E-state index >= 15 is 0 Å². The van der Waals surface area contributed by atoms with Crippen LogP contribution in [0.5, 0.6) is 0 Å². The summed E-state index contributed by atoms with van der Waals surface area (Å²) in [5.41, 5.74) is 0.804. The summed E-state index contributed by atoms with van der Waals surface area (Å²) in [6.07, 6.45) is -1.15. The van der Waals surface area contributed by atoms with Crippen molar-refractivity contribution in [1.29, 1.82) is 0 Å². The Balaban J connectivity index is 2.03. The van der Waals surface area contributed by atoms with Gasteiger partial charge >= 0.3 is 5.97 Å². The van der Waals surface area contributed by atoms with Crippen LogP contribution in [0.15, 0.2) is 45.9 Å². The first kappa shape index (κ1) is 21.3. The molecule has 0 fully saturated rings. The van der Waals surface area contributed by atoms with E-state index in [1.807, 2.05) is 0 Å². The smallest absolute Gasteiger partial charge is 0.375 e. The second-order valence-corrected chi connectivity index (χ2v) is 7.79. The Morgan fingerprint density at radius 1 is 1.04 bits per heavy atom. The number of nitrogens with two attached hydrogens (primary N) is 1.